The molecule has 0 saturated carbocycles. The van der Waals surface area contributed by atoms with Crippen molar-refractivity contribution in [3.8, 4) is 79.6 Å². The Morgan fingerprint density at radius 1 is 0.500 bits per heavy atom. The summed E-state index contributed by atoms with van der Waals surface area (Å²) in [5, 5.41) is 38.3. The van der Waals surface area contributed by atoms with Gasteiger partial charge in [0.25, 0.3) is 5.91 Å². The second-order valence-corrected chi connectivity index (χ2v) is 34.1. The van der Waals surface area contributed by atoms with Crippen LogP contribution in [0, 0.1) is 89.9 Å². The number of hydrazone groups is 1. The Morgan fingerprint density at radius 2 is 0.958 bits per heavy atom. The molecule has 12 nitrogen and oxygen atoms in total. The van der Waals surface area contributed by atoms with Crippen molar-refractivity contribution in [2.45, 2.75) is 119 Å². The summed E-state index contributed by atoms with van der Waals surface area (Å²) in [5.74, 6) is 5.98. The van der Waals surface area contributed by atoms with Gasteiger partial charge in [-0.25, -0.2) is 19.8 Å². The fourth-order valence-corrected chi connectivity index (χ4v) is 18.9. The van der Waals surface area contributed by atoms with E-state index in [1.807, 2.05) is 97.1 Å². The number of H-pyrrole nitrogens is 2. The zero-order valence-electron chi connectivity index (χ0n) is 68.7. The van der Waals surface area contributed by atoms with E-state index in [9.17, 15) is 15.3 Å². The molecule has 1 spiro atoms. The molecule has 18 rings (SSSR count). The highest BCUT2D eigenvalue weighted by molar-refractivity contribution is 6.12. The smallest absolute Gasteiger partial charge is 0.339 e. The minimum absolute atomic E-state index is 0.101. The van der Waals surface area contributed by atoms with E-state index in [0.29, 0.717) is 28.2 Å². The fourth-order valence-electron chi connectivity index (χ4n) is 18.9. The van der Waals surface area contributed by atoms with Crippen LogP contribution in [0.15, 0.2) is 228 Å². The van der Waals surface area contributed by atoms with Crippen LogP contribution in [-0.2, 0) is 25.8 Å². The number of anilines is 1. The number of hydrogen-bond donors (Lipinski definition) is 3. The van der Waals surface area contributed by atoms with Crippen LogP contribution < -0.4 is 5.32 Å². The molecule has 4 aliphatic heterocycles. The number of hydrogen-bond acceptors (Lipinski definition) is 9. The molecule has 12 bridgehead atoms. The predicted molar refractivity (Wildman–Crippen MR) is 483 cm³/mol. The molecule has 1 atom stereocenters. The molecule has 7 heterocycles. The van der Waals surface area contributed by atoms with Crippen molar-refractivity contribution < 1.29 is 14.3 Å². The molecule has 5 aliphatic rings. The van der Waals surface area contributed by atoms with Gasteiger partial charge in [-0.15, -0.1) is 0 Å². The van der Waals surface area contributed by atoms with Crippen LogP contribution in [0.4, 0.5) is 5.69 Å². The average molecular weight is 1530 g/mol. The summed E-state index contributed by atoms with van der Waals surface area (Å²) in [4.78, 5) is 49.0. The highest BCUT2D eigenvalue weighted by Crippen LogP contribution is 2.61. The van der Waals surface area contributed by atoms with Gasteiger partial charge in [0.15, 0.2) is 12.3 Å². The van der Waals surface area contributed by atoms with Crippen molar-refractivity contribution in [3.63, 3.8) is 0 Å². The van der Waals surface area contributed by atoms with E-state index in [-0.39, 0.29) is 28.7 Å². The van der Waals surface area contributed by atoms with E-state index in [0.717, 1.165) is 155 Å². The minimum Gasteiger partial charge on any atom is -0.449 e. The lowest BCUT2D eigenvalue weighted by Crippen LogP contribution is -2.48. The summed E-state index contributed by atoms with van der Waals surface area (Å²) in [6.07, 6.45) is 11.6. The van der Waals surface area contributed by atoms with Gasteiger partial charge in [0.05, 0.1) is 45.4 Å². The lowest BCUT2D eigenvalue weighted by Gasteiger charge is -2.38. The average Bonchev–Trinajstić information content (AvgIpc) is 1.50. The van der Waals surface area contributed by atoms with Crippen molar-refractivity contribution in [3.05, 3.63) is 324 Å². The molecule has 0 fully saturated rings. The molecule has 1 amide bonds. The number of esters is 1. The molecule has 1 aliphatic carbocycles. The SMILES string of the molecule is Cc1cc(C)c(-c2c3nc(c(-c4ccc(C(=O)OCC#Cc5cc6cc(C(C)(C)C)cc(c6C)c6ccccc6c6cc(C(C)(C)C)cc5c6C)cc4)c4ccc([nH]4)c(-c4c(C)cc(C)cc4C)c4nc(c(-c5ccc(NC(=O)C6=CC=NN7C(C#N)=C(C#N)C8(c9ccccc9-c9ccccc98)C67)cc5)c5ccc2[nH]5)C=C4)C=C3)c(C)c1. The molecule has 12 heteroatoms. The first-order valence-corrected chi connectivity index (χ1v) is 40.2. The molecular weight excluding hydrogens is 1450 g/mol. The maximum absolute atomic E-state index is 15.3. The predicted octanol–water partition coefficient (Wildman–Crippen LogP) is 24.4. The number of aryl methyl sites for hydroxylation is 8. The van der Waals surface area contributed by atoms with Crippen LogP contribution in [-0.4, -0.2) is 55.7 Å². The first-order valence-electron chi connectivity index (χ1n) is 40.2. The van der Waals surface area contributed by atoms with E-state index in [1.165, 1.54) is 44.4 Å². The Bertz CT molecular complexity index is 7000. The molecule has 574 valence electrons. The Morgan fingerprint density at radius 3 is 1.46 bits per heavy atom. The number of fused-ring (bicyclic) bond motifs is 22. The van der Waals surface area contributed by atoms with Crippen LogP contribution in [0.3, 0.4) is 0 Å². The number of rotatable bonds is 8. The standard InChI is InChI=1S/C106H87N9O3/c1-59-48-61(3)95(62(4)49-59)99-90-41-37-86(111-90)97(67-29-31-69(32-30-67)103(117)118-47-21-22-70-52-71-53-72(104(9,10)11)55-81(65(71)7)75-23-15-16-24-76(75)82-56-73(105(12,13)14)54-80(70)66(82)8)87-38-42-91(112-87)100(96-63(5)50-60(2)51-64(96)6)93-44-40-89(114-93)98(88-39-43-92(99)113-88)68-33-35-74(36-34-68)110-102(116)79-45-46-109-115-94(58-108)85(57-107)106(101(79)115)83-27-19-17-25-77(83)78-26-18-20-28-84(78)106/h15-20,23-46,48-56,101,111,114H,47H2,1-14H3,(H,110,116). The highest BCUT2D eigenvalue weighted by Gasteiger charge is 2.62. The van der Waals surface area contributed by atoms with E-state index < -0.39 is 23.3 Å². The summed E-state index contributed by atoms with van der Waals surface area (Å²) in [6, 6.07) is 72.9. The number of aromatic nitrogens is 4. The third kappa shape index (κ3) is 12.5. The summed E-state index contributed by atoms with van der Waals surface area (Å²) < 4.78 is 6.11. The lowest BCUT2D eigenvalue weighted by molar-refractivity contribution is -0.113. The van der Waals surface area contributed by atoms with Crippen LogP contribution >= 0.6 is 0 Å². The van der Waals surface area contributed by atoms with Gasteiger partial charge in [0.2, 0.25) is 0 Å². The number of aromatic amines is 2. The highest BCUT2D eigenvalue weighted by atomic mass is 16.5. The van der Waals surface area contributed by atoms with Crippen molar-refractivity contribution in [2.24, 2.45) is 5.10 Å². The second-order valence-electron chi connectivity index (χ2n) is 34.1. The largest absolute Gasteiger partial charge is 0.449 e. The Balaban J connectivity index is 0.742. The number of ether oxygens (including phenoxy) is 1. The minimum atomic E-state index is -1.21. The first kappa shape index (κ1) is 75.1. The van der Waals surface area contributed by atoms with Gasteiger partial charge in [0, 0.05) is 67.4 Å². The Kier molecular flexibility index (Phi) is 18.2. The van der Waals surface area contributed by atoms with Gasteiger partial charge in [-0.1, -0.05) is 204 Å². The quantitative estimate of drug-likeness (QED) is 0.0995. The number of nitrogens with one attached hydrogen (secondary N) is 3. The van der Waals surface area contributed by atoms with E-state index >= 15 is 4.79 Å². The zero-order valence-corrected chi connectivity index (χ0v) is 68.7. The maximum Gasteiger partial charge on any atom is 0.339 e. The molecule has 118 heavy (non-hydrogen) atoms. The summed E-state index contributed by atoms with van der Waals surface area (Å²) in [5.41, 5.74) is 29.4. The first-order chi connectivity index (χ1) is 56.8. The number of nitrogens with zero attached hydrogens (tertiary/aromatic N) is 6. The van der Waals surface area contributed by atoms with Crippen LogP contribution in [0.5, 0.6) is 0 Å². The van der Waals surface area contributed by atoms with E-state index in [2.05, 4.69) is 264 Å². The zero-order chi connectivity index (χ0) is 82.1. The molecule has 13 aromatic rings. The van der Waals surface area contributed by atoms with Gasteiger partial charge < -0.3 is 20.0 Å². The third-order valence-corrected chi connectivity index (χ3v) is 24.4. The third-order valence-electron chi connectivity index (χ3n) is 24.4. The molecule has 1 unspecified atom stereocenters. The van der Waals surface area contributed by atoms with Crippen molar-refractivity contribution in [1.29, 1.82) is 10.5 Å². The Labute approximate surface area is 687 Å². The Hall–Kier alpha value is -14.3. The number of nitriles is 2. The number of carbonyl (C=O) groups excluding carboxylic acids is 2. The molecule has 10 aromatic carbocycles. The molecular formula is C106H87N9O3. The normalized spacial score (nSPS) is 14.3. The van der Waals surface area contributed by atoms with Crippen molar-refractivity contribution in [1.82, 2.24) is 24.9 Å². The molecule has 0 radical (unpaired) electrons. The molecule has 0 saturated heterocycles. The monoisotopic (exact) mass is 1530 g/mol. The topological polar surface area (TPSA) is 176 Å². The van der Waals surface area contributed by atoms with Crippen molar-refractivity contribution >= 4 is 102 Å². The van der Waals surface area contributed by atoms with Gasteiger partial charge in [-0.2, -0.15) is 15.6 Å². The van der Waals surface area contributed by atoms with E-state index in [4.69, 9.17) is 19.8 Å². The molecule has 3 N–H and O–H groups in total. The number of carbonyl (C=O) groups is 2. The van der Waals surface area contributed by atoms with Gasteiger partial charge in [0.1, 0.15) is 12.1 Å². The number of amides is 1. The van der Waals surface area contributed by atoms with Gasteiger partial charge in [-0.05, 0) is 279 Å². The summed E-state index contributed by atoms with van der Waals surface area (Å²) in [7, 11) is 0. The lowest BCUT2D eigenvalue weighted by atomic mass is 9.66. The van der Waals surface area contributed by atoms with Gasteiger partial charge >= 0.3 is 5.97 Å². The van der Waals surface area contributed by atoms with E-state index in [1.54, 1.807) is 11.1 Å². The van der Waals surface area contributed by atoms with Gasteiger partial charge in [-0.3, -0.25) is 4.79 Å². The maximum atomic E-state index is 15.3. The second kappa shape index (κ2) is 28.6. The summed E-state index contributed by atoms with van der Waals surface area (Å²) in [6.45, 7) is 30.7. The van der Waals surface area contributed by atoms with Crippen molar-refractivity contribution in [2.75, 3.05) is 11.9 Å². The van der Waals surface area contributed by atoms with Crippen LogP contribution in [0.25, 0.3) is 134 Å². The fraction of sp³-hybridized carbons (Fsp3) is 0.179. The van der Waals surface area contributed by atoms with Crippen LogP contribution in [0.1, 0.15) is 147 Å². The number of allylic oxidation sites excluding steroid dienone is 2. The molecule has 3 aromatic heterocycles. The number of benzene rings is 9. The summed E-state index contributed by atoms with van der Waals surface area (Å²) >= 11 is 0. The van der Waals surface area contributed by atoms with Crippen LogP contribution in [0.2, 0.25) is 0 Å².